The van der Waals surface area contributed by atoms with Crippen LogP contribution in [0.4, 0.5) is 5.82 Å². The highest BCUT2D eigenvalue weighted by Crippen LogP contribution is 2.36. The molecule has 1 fully saturated rings. The van der Waals surface area contributed by atoms with Gasteiger partial charge in [0.15, 0.2) is 23.2 Å². The molecule has 1 aromatic carbocycles. The van der Waals surface area contributed by atoms with Gasteiger partial charge in [-0.3, -0.25) is 9.36 Å². The number of imidazole rings is 1. The van der Waals surface area contributed by atoms with Gasteiger partial charge in [-0.25, -0.2) is 15.0 Å². The Morgan fingerprint density at radius 3 is 2.83 bits per heavy atom. The fourth-order valence-corrected chi connectivity index (χ4v) is 3.63. The van der Waals surface area contributed by atoms with E-state index in [9.17, 15) is 4.79 Å². The van der Waals surface area contributed by atoms with Crippen molar-refractivity contribution < 1.29 is 14.3 Å². The lowest BCUT2D eigenvalue weighted by molar-refractivity contribution is -0.0482. The first kappa shape index (κ1) is 19.8. The van der Waals surface area contributed by atoms with E-state index in [1.54, 1.807) is 42.3 Å². The second-order valence-electron chi connectivity index (χ2n) is 6.74. The van der Waals surface area contributed by atoms with Crippen LogP contribution in [0.5, 0.6) is 0 Å². The monoisotopic (exact) mass is 408 g/mol. The minimum atomic E-state index is -0.590. The molecule has 1 N–H and O–H groups in total. The number of fused-ring (bicyclic) bond motifs is 1. The zero-order valence-corrected chi connectivity index (χ0v) is 16.4. The first-order valence-electron chi connectivity index (χ1n) is 9.44. The summed E-state index contributed by atoms with van der Waals surface area (Å²) < 4.78 is 13.4. The van der Waals surface area contributed by atoms with Gasteiger partial charge >= 0.3 is 0 Å². The Morgan fingerprint density at radius 2 is 2.13 bits per heavy atom. The number of anilines is 1. The molecular formula is C19H20N8O3. The number of benzene rings is 1. The van der Waals surface area contributed by atoms with Gasteiger partial charge in [0.25, 0.3) is 5.91 Å². The molecule has 3 aromatic rings. The molecule has 0 aliphatic carbocycles. The first-order chi connectivity index (χ1) is 14.7. The number of hydrogen-bond acceptors (Lipinski definition) is 7. The maximum Gasteiger partial charge on any atom is 0.256 e. The van der Waals surface area contributed by atoms with Crippen LogP contribution in [0.3, 0.4) is 0 Å². The van der Waals surface area contributed by atoms with Crippen LogP contribution in [-0.2, 0) is 9.47 Å². The Bertz CT molecular complexity index is 1100. The van der Waals surface area contributed by atoms with Crippen LogP contribution in [-0.4, -0.2) is 50.8 Å². The van der Waals surface area contributed by atoms with Gasteiger partial charge < -0.3 is 14.8 Å². The largest absolute Gasteiger partial charge is 0.376 e. The smallest absolute Gasteiger partial charge is 0.256 e. The Morgan fingerprint density at radius 1 is 1.33 bits per heavy atom. The fraction of sp³-hybridized carbons (Fsp3) is 0.368. The lowest BCUT2D eigenvalue weighted by atomic mass is 10.1. The minimum absolute atomic E-state index is 0.290. The summed E-state index contributed by atoms with van der Waals surface area (Å²) in [6, 6.07) is 8.34. The molecule has 4 rings (SSSR count). The van der Waals surface area contributed by atoms with Gasteiger partial charge in [-0.1, -0.05) is 30.2 Å². The van der Waals surface area contributed by atoms with Gasteiger partial charge in [0.05, 0.1) is 18.5 Å². The molecular weight excluding hydrogens is 388 g/mol. The molecule has 0 radical (unpaired) electrons. The molecule has 11 nitrogen and oxygen atoms in total. The minimum Gasteiger partial charge on any atom is -0.376 e. The SMILES string of the molecule is CC[C@H]1O[C@@H](n2cnc3c(NC(=O)c4ccccc4)ncnc32)C(OC)[C@H]1N=[N+]=[N-]. The highest BCUT2D eigenvalue weighted by Gasteiger charge is 2.45. The third kappa shape index (κ3) is 3.45. The van der Waals surface area contributed by atoms with Crippen molar-refractivity contribution in [3.63, 3.8) is 0 Å². The van der Waals surface area contributed by atoms with Crippen molar-refractivity contribution in [2.24, 2.45) is 5.11 Å². The first-order valence-corrected chi connectivity index (χ1v) is 9.44. The van der Waals surface area contributed by atoms with Crippen LogP contribution >= 0.6 is 0 Å². The van der Waals surface area contributed by atoms with E-state index in [1.807, 2.05) is 13.0 Å². The molecule has 30 heavy (non-hydrogen) atoms. The molecule has 11 heteroatoms. The number of hydrogen-bond donors (Lipinski definition) is 1. The maximum atomic E-state index is 12.5. The van der Waals surface area contributed by atoms with Crippen molar-refractivity contribution >= 4 is 22.9 Å². The molecule has 0 bridgehead atoms. The quantitative estimate of drug-likeness (QED) is 0.377. The number of rotatable bonds is 6. The van der Waals surface area contributed by atoms with E-state index in [0.717, 1.165) is 0 Å². The van der Waals surface area contributed by atoms with Crippen LogP contribution in [0.15, 0.2) is 48.1 Å². The standard InChI is InChI=1S/C19H20N8O3/c1-3-12-13(25-26-20)15(29-2)19(30-12)27-10-23-14-16(21-9-22-17(14)27)24-18(28)11-7-5-4-6-8-11/h4-10,12-13,15,19H,3H2,1-2H3,(H,21,22,24,28)/t12-,13+,15?,19-/m1/s1. The Hall–Kier alpha value is -3.53. The molecule has 154 valence electrons. The molecule has 1 saturated heterocycles. The number of aromatic nitrogens is 4. The van der Waals surface area contributed by atoms with Crippen molar-refractivity contribution in [1.29, 1.82) is 0 Å². The number of azide groups is 1. The third-order valence-electron chi connectivity index (χ3n) is 5.07. The summed E-state index contributed by atoms with van der Waals surface area (Å²) >= 11 is 0. The fourth-order valence-electron chi connectivity index (χ4n) is 3.63. The summed E-state index contributed by atoms with van der Waals surface area (Å²) in [6.07, 6.45) is 2.15. The van der Waals surface area contributed by atoms with E-state index < -0.39 is 18.4 Å². The van der Waals surface area contributed by atoms with E-state index in [2.05, 4.69) is 30.3 Å². The van der Waals surface area contributed by atoms with Crippen LogP contribution in [0, 0.1) is 0 Å². The summed E-state index contributed by atoms with van der Waals surface area (Å²) in [5.41, 5.74) is 10.3. The molecule has 0 spiro atoms. The van der Waals surface area contributed by atoms with Crippen molar-refractivity contribution in [3.05, 3.63) is 59.0 Å². The van der Waals surface area contributed by atoms with Gasteiger partial charge in [0.1, 0.15) is 12.4 Å². The molecule has 1 amide bonds. The molecule has 1 aliphatic heterocycles. The average molecular weight is 408 g/mol. The number of carbonyl (C=O) groups is 1. The normalized spacial score (nSPS) is 23.3. The van der Waals surface area contributed by atoms with Gasteiger partial charge in [0.2, 0.25) is 0 Å². The van der Waals surface area contributed by atoms with E-state index in [0.29, 0.717) is 29.0 Å². The average Bonchev–Trinajstić information content (AvgIpc) is 3.36. The topological polar surface area (TPSA) is 140 Å². The molecule has 2 aromatic heterocycles. The van der Waals surface area contributed by atoms with Crippen LogP contribution in [0.25, 0.3) is 21.6 Å². The van der Waals surface area contributed by atoms with Crippen LogP contribution < -0.4 is 5.32 Å². The summed E-state index contributed by atoms with van der Waals surface area (Å²) in [6.45, 7) is 1.95. The number of methoxy groups -OCH3 is 1. The Labute approximate surface area is 171 Å². The van der Waals surface area contributed by atoms with Crippen molar-refractivity contribution in [2.45, 2.75) is 37.8 Å². The highest BCUT2D eigenvalue weighted by molar-refractivity contribution is 6.06. The third-order valence-corrected chi connectivity index (χ3v) is 5.07. The second kappa shape index (κ2) is 8.46. The number of amides is 1. The predicted molar refractivity (Wildman–Crippen MR) is 108 cm³/mol. The lowest BCUT2D eigenvalue weighted by Gasteiger charge is -2.20. The Kier molecular flexibility index (Phi) is 5.57. The van der Waals surface area contributed by atoms with Crippen molar-refractivity contribution in [2.75, 3.05) is 12.4 Å². The van der Waals surface area contributed by atoms with E-state index in [4.69, 9.17) is 15.0 Å². The lowest BCUT2D eigenvalue weighted by Crippen LogP contribution is -2.31. The van der Waals surface area contributed by atoms with Crippen molar-refractivity contribution in [3.8, 4) is 0 Å². The molecule has 3 heterocycles. The summed E-state index contributed by atoms with van der Waals surface area (Å²) in [5.74, 6) is -0.00953. The molecule has 0 saturated carbocycles. The highest BCUT2D eigenvalue weighted by atomic mass is 16.6. The summed E-state index contributed by atoms with van der Waals surface area (Å²) in [7, 11) is 1.54. The molecule has 1 unspecified atom stereocenters. The maximum absolute atomic E-state index is 12.5. The molecule has 1 aliphatic rings. The summed E-state index contributed by atoms with van der Waals surface area (Å²) in [4.78, 5) is 28.3. The van der Waals surface area contributed by atoms with E-state index in [1.165, 1.54) is 6.33 Å². The van der Waals surface area contributed by atoms with E-state index in [-0.39, 0.29) is 12.0 Å². The number of carbonyl (C=O) groups excluding carboxylic acids is 1. The number of nitrogens with zero attached hydrogens (tertiary/aromatic N) is 7. The van der Waals surface area contributed by atoms with Crippen molar-refractivity contribution in [1.82, 2.24) is 19.5 Å². The number of ether oxygens (including phenoxy) is 2. The van der Waals surface area contributed by atoms with Gasteiger partial charge in [-0.05, 0) is 24.1 Å². The molecule has 4 atom stereocenters. The summed E-state index contributed by atoms with van der Waals surface area (Å²) in [5, 5.41) is 6.64. The van der Waals surface area contributed by atoms with Gasteiger partial charge in [-0.15, -0.1) is 0 Å². The van der Waals surface area contributed by atoms with Crippen LogP contribution in [0.2, 0.25) is 0 Å². The zero-order chi connectivity index (χ0) is 21.1. The zero-order valence-electron chi connectivity index (χ0n) is 16.4. The predicted octanol–water partition coefficient (Wildman–Crippen LogP) is 3.08. The van der Waals surface area contributed by atoms with Gasteiger partial charge in [-0.2, -0.15) is 0 Å². The van der Waals surface area contributed by atoms with E-state index >= 15 is 0 Å². The Balaban J connectivity index is 1.68. The second-order valence-corrected chi connectivity index (χ2v) is 6.74. The number of nitrogens with one attached hydrogen (secondary N) is 1. The van der Waals surface area contributed by atoms with Crippen LogP contribution in [0.1, 0.15) is 29.9 Å². The van der Waals surface area contributed by atoms with Gasteiger partial charge in [0, 0.05) is 17.6 Å².